The molecule has 2 heterocycles. The van der Waals surface area contributed by atoms with E-state index >= 15 is 0 Å². The van der Waals surface area contributed by atoms with Gasteiger partial charge >= 0.3 is 0 Å². The lowest BCUT2D eigenvalue weighted by molar-refractivity contribution is 0.267. The monoisotopic (exact) mass is 317 g/mol. The SMILES string of the molecule is CCCCC(CO)Nc1ncncc1CCc1cc(C)n(C)n1. The summed E-state index contributed by atoms with van der Waals surface area (Å²) >= 11 is 0. The highest BCUT2D eigenvalue weighted by Crippen LogP contribution is 2.16. The van der Waals surface area contributed by atoms with Crippen molar-refractivity contribution in [3.05, 3.63) is 35.5 Å². The minimum Gasteiger partial charge on any atom is -0.394 e. The Balaban J connectivity index is 2.01. The highest BCUT2D eigenvalue weighted by Gasteiger charge is 2.12. The molecule has 0 spiro atoms. The average molecular weight is 317 g/mol. The van der Waals surface area contributed by atoms with Crippen LogP contribution in [0.4, 0.5) is 5.82 Å². The molecular formula is C17H27N5O. The van der Waals surface area contributed by atoms with Gasteiger partial charge in [0.05, 0.1) is 18.3 Å². The Morgan fingerprint density at radius 3 is 2.83 bits per heavy atom. The van der Waals surface area contributed by atoms with Crippen LogP contribution in [0, 0.1) is 6.92 Å². The summed E-state index contributed by atoms with van der Waals surface area (Å²) in [5.41, 5.74) is 3.29. The largest absolute Gasteiger partial charge is 0.394 e. The van der Waals surface area contributed by atoms with Crippen molar-refractivity contribution in [1.29, 1.82) is 0 Å². The minimum atomic E-state index is 0.0423. The Morgan fingerprint density at radius 2 is 2.17 bits per heavy atom. The van der Waals surface area contributed by atoms with Crippen LogP contribution in [0.25, 0.3) is 0 Å². The first-order chi connectivity index (χ1) is 11.1. The second kappa shape index (κ2) is 8.62. The van der Waals surface area contributed by atoms with Gasteiger partial charge in [0.2, 0.25) is 0 Å². The van der Waals surface area contributed by atoms with Crippen LogP contribution in [0.5, 0.6) is 0 Å². The van der Waals surface area contributed by atoms with E-state index < -0.39 is 0 Å². The van der Waals surface area contributed by atoms with E-state index in [-0.39, 0.29) is 12.6 Å². The van der Waals surface area contributed by atoms with Gasteiger partial charge in [-0.3, -0.25) is 4.68 Å². The minimum absolute atomic E-state index is 0.0423. The molecule has 2 aromatic rings. The molecule has 2 rings (SSSR count). The number of hydrogen-bond acceptors (Lipinski definition) is 5. The molecule has 23 heavy (non-hydrogen) atoms. The smallest absolute Gasteiger partial charge is 0.132 e. The molecule has 0 aromatic carbocycles. The van der Waals surface area contributed by atoms with Crippen molar-refractivity contribution in [1.82, 2.24) is 19.7 Å². The van der Waals surface area contributed by atoms with Crippen LogP contribution in [0.3, 0.4) is 0 Å². The molecule has 1 unspecified atom stereocenters. The number of aliphatic hydroxyl groups excluding tert-OH is 1. The normalized spacial score (nSPS) is 12.3. The maximum Gasteiger partial charge on any atom is 0.132 e. The summed E-state index contributed by atoms with van der Waals surface area (Å²) < 4.78 is 1.89. The van der Waals surface area contributed by atoms with Crippen molar-refractivity contribution in [3.63, 3.8) is 0 Å². The van der Waals surface area contributed by atoms with Gasteiger partial charge < -0.3 is 10.4 Å². The lowest BCUT2D eigenvalue weighted by atomic mass is 10.1. The highest BCUT2D eigenvalue weighted by molar-refractivity contribution is 5.43. The van der Waals surface area contributed by atoms with Gasteiger partial charge in [-0.2, -0.15) is 5.10 Å². The van der Waals surface area contributed by atoms with Crippen molar-refractivity contribution in [2.24, 2.45) is 7.05 Å². The number of rotatable bonds is 9. The Bertz CT molecular complexity index is 591. The van der Waals surface area contributed by atoms with Gasteiger partial charge in [-0.05, 0) is 32.3 Å². The predicted octanol–water partition coefficient (Wildman–Crippen LogP) is 2.27. The zero-order valence-electron chi connectivity index (χ0n) is 14.3. The summed E-state index contributed by atoms with van der Waals surface area (Å²) in [7, 11) is 1.96. The van der Waals surface area contributed by atoms with Crippen LogP contribution in [0.1, 0.15) is 43.1 Å². The Labute approximate surface area is 138 Å². The molecule has 1 atom stereocenters. The molecule has 2 aromatic heterocycles. The Hall–Kier alpha value is -1.95. The third-order valence-corrected chi connectivity index (χ3v) is 4.07. The number of unbranched alkanes of at least 4 members (excludes halogenated alkanes) is 1. The van der Waals surface area contributed by atoms with Gasteiger partial charge in [0.25, 0.3) is 0 Å². The van der Waals surface area contributed by atoms with Gasteiger partial charge in [0.1, 0.15) is 12.1 Å². The summed E-state index contributed by atoms with van der Waals surface area (Å²) in [4.78, 5) is 8.49. The molecule has 0 amide bonds. The van der Waals surface area contributed by atoms with Crippen molar-refractivity contribution in [2.75, 3.05) is 11.9 Å². The van der Waals surface area contributed by atoms with E-state index in [9.17, 15) is 5.11 Å². The lowest BCUT2D eigenvalue weighted by Gasteiger charge is -2.18. The number of hydrogen-bond donors (Lipinski definition) is 2. The molecule has 6 nitrogen and oxygen atoms in total. The van der Waals surface area contributed by atoms with E-state index in [1.165, 1.54) is 0 Å². The van der Waals surface area contributed by atoms with Crippen molar-refractivity contribution >= 4 is 5.82 Å². The van der Waals surface area contributed by atoms with Crippen molar-refractivity contribution in [2.45, 2.75) is 52.0 Å². The predicted molar refractivity (Wildman–Crippen MR) is 91.4 cm³/mol. The number of aromatic nitrogens is 4. The molecule has 0 aliphatic heterocycles. The maximum absolute atomic E-state index is 9.53. The van der Waals surface area contributed by atoms with E-state index in [1.54, 1.807) is 6.33 Å². The van der Waals surface area contributed by atoms with Crippen LogP contribution in [-0.4, -0.2) is 37.5 Å². The van der Waals surface area contributed by atoms with E-state index in [1.807, 2.05) is 17.9 Å². The molecule has 0 radical (unpaired) electrons. The molecule has 0 fully saturated rings. The topological polar surface area (TPSA) is 75.9 Å². The fraction of sp³-hybridized carbons (Fsp3) is 0.588. The lowest BCUT2D eigenvalue weighted by Crippen LogP contribution is -2.25. The van der Waals surface area contributed by atoms with Gasteiger partial charge in [-0.1, -0.05) is 19.8 Å². The fourth-order valence-corrected chi connectivity index (χ4v) is 2.54. The second-order valence-electron chi connectivity index (χ2n) is 5.96. The number of nitrogens with one attached hydrogen (secondary N) is 1. The fourth-order valence-electron chi connectivity index (χ4n) is 2.54. The number of nitrogens with zero attached hydrogens (tertiary/aromatic N) is 4. The third-order valence-electron chi connectivity index (χ3n) is 4.07. The van der Waals surface area contributed by atoms with Crippen molar-refractivity contribution < 1.29 is 5.11 Å². The molecule has 0 bridgehead atoms. The average Bonchev–Trinajstić information content (AvgIpc) is 2.88. The van der Waals surface area contributed by atoms with Crippen LogP contribution >= 0.6 is 0 Å². The zero-order valence-corrected chi connectivity index (χ0v) is 14.3. The van der Waals surface area contributed by atoms with Crippen LogP contribution < -0.4 is 5.32 Å². The van der Waals surface area contributed by atoms with Crippen LogP contribution in [0.15, 0.2) is 18.6 Å². The van der Waals surface area contributed by atoms with Gasteiger partial charge in [0.15, 0.2) is 0 Å². The quantitative estimate of drug-likeness (QED) is 0.742. The first-order valence-electron chi connectivity index (χ1n) is 8.29. The summed E-state index contributed by atoms with van der Waals surface area (Å²) in [5.74, 6) is 0.822. The van der Waals surface area contributed by atoms with E-state index in [0.29, 0.717) is 0 Å². The summed E-state index contributed by atoms with van der Waals surface area (Å²) in [5, 5.41) is 17.4. The molecule has 126 valence electrons. The number of aryl methyl sites for hydroxylation is 4. The molecule has 0 aliphatic rings. The third kappa shape index (κ3) is 5.03. The summed E-state index contributed by atoms with van der Waals surface area (Å²) in [6.07, 6.45) is 8.22. The van der Waals surface area contributed by atoms with Gasteiger partial charge in [-0.25, -0.2) is 9.97 Å². The van der Waals surface area contributed by atoms with Crippen LogP contribution in [0.2, 0.25) is 0 Å². The number of aliphatic hydroxyl groups is 1. The first kappa shape index (κ1) is 17.4. The van der Waals surface area contributed by atoms with E-state index in [2.05, 4.69) is 40.3 Å². The number of anilines is 1. The summed E-state index contributed by atoms with van der Waals surface area (Å²) in [6, 6.07) is 2.15. The second-order valence-corrected chi connectivity index (χ2v) is 5.96. The van der Waals surface area contributed by atoms with E-state index in [0.717, 1.165) is 54.9 Å². The zero-order chi connectivity index (χ0) is 16.7. The summed E-state index contributed by atoms with van der Waals surface area (Å²) in [6.45, 7) is 4.32. The molecule has 0 saturated carbocycles. The molecule has 0 aliphatic carbocycles. The maximum atomic E-state index is 9.53. The molecule has 0 saturated heterocycles. The van der Waals surface area contributed by atoms with Gasteiger partial charge in [0, 0.05) is 24.5 Å². The Morgan fingerprint density at radius 1 is 1.35 bits per heavy atom. The first-order valence-corrected chi connectivity index (χ1v) is 8.29. The Kier molecular flexibility index (Phi) is 6.52. The highest BCUT2D eigenvalue weighted by atomic mass is 16.3. The van der Waals surface area contributed by atoms with Gasteiger partial charge in [-0.15, -0.1) is 0 Å². The van der Waals surface area contributed by atoms with Crippen molar-refractivity contribution in [3.8, 4) is 0 Å². The molecule has 2 N–H and O–H groups in total. The van der Waals surface area contributed by atoms with E-state index in [4.69, 9.17) is 0 Å². The molecule has 6 heteroatoms. The molecular weight excluding hydrogens is 290 g/mol. The van der Waals surface area contributed by atoms with Crippen LogP contribution in [-0.2, 0) is 19.9 Å². The standard InChI is InChI=1S/C17H27N5O/c1-4-5-6-16(11-23)20-17-14(10-18-12-19-17)7-8-15-9-13(2)22(3)21-15/h9-10,12,16,23H,4-8,11H2,1-3H3,(H,18,19,20).